The molecule has 0 bridgehead atoms. The summed E-state index contributed by atoms with van der Waals surface area (Å²) in [5, 5.41) is 19.0. The highest BCUT2D eigenvalue weighted by molar-refractivity contribution is 8.01. The lowest BCUT2D eigenvalue weighted by atomic mass is 9.96. The van der Waals surface area contributed by atoms with Crippen molar-refractivity contribution in [3.63, 3.8) is 0 Å². The molecule has 0 aromatic heterocycles. The van der Waals surface area contributed by atoms with Gasteiger partial charge in [0.2, 0.25) is 11.8 Å². The Morgan fingerprint density at radius 2 is 2.00 bits per heavy atom. The molecule has 2 aromatic carbocycles. The van der Waals surface area contributed by atoms with Gasteiger partial charge in [-0.25, -0.2) is 0 Å². The van der Waals surface area contributed by atoms with Crippen LogP contribution in [0.25, 0.3) is 0 Å². The number of aliphatic hydroxyl groups is 1. The summed E-state index contributed by atoms with van der Waals surface area (Å²) in [5.41, 5.74) is 1.02. The molecule has 1 aliphatic heterocycles. The number of halogens is 1. The number of amides is 2. The Kier molecular flexibility index (Phi) is 6.96. The lowest BCUT2D eigenvalue weighted by molar-refractivity contribution is -0.133. The van der Waals surface area contributed by atoms with E-state index in [1.165, 1.54) is 11.8 Å². The molecule has 0 radical (unpaired) electrons. The highest BCUT2D eigenvalue weighted by Crippen LogP contribution is 2.23. The maximum atomic E-state index is 12.5. The molecule has 1 aliphatic rings. The highest BCUT2D eigenvalue weighted by atomic mass is 35.5. The molecule has 6 nitrogen and oxygen atoms in total. The second-order valence-corrected chi connectivity index (χ2v) is 8.46. The first kappa shape index (κ1) is 20.7. The number of hydrogen-bond donors (Lipinski definition) is 4. The van der Waals surface area contributed by atoms with Crippen LogP contribution in [0.4, 0.5) is 5.69 Å². The third kappa shape index (κ3) is 5.48. The second-order valence-electron chi connectivity index (χ2n) is 6.57. The molecule has 0 saturated carbocycles. The number of rotatable bonds is 6. The van der Waals surface area contributed by atoms with Crippen molar-refractivity contribution in [2.24, 2.45) is 5.92 Å². The molecule has 8 heteroatoms. The minimum Gasteiger partial charge on any atom is -0.378 e. The van der Waals surface area contributed by atoms with Gasteiger partial charge in [-0.3, -0.25) is 14.9 Å². The van der Waals surface area contributed by atoms with Gasteiger partial charge in [-0.05, 0) is 37.1 Å². The molecule has 2 aromatic rings. The van der Waals surface area contributed by atoms with Crippen LogP contribution in [0.1, 0.15) is 12.5 Å². The van der Waals surface area contributed by atoms with Gasteiger partial charge in [-0.1, -0.05) is 48.0 Å². The SMILES string of the molecule is CC(SC1NC(=O)C(Cc2ccccc2)C(O)N1)C(=O)Nc1cccc(Cl)c1. The van der Waals surface area contributed by atoms with Crippen molar-refractivity contribution in [2.75, 3.05) is 5.32 Å². The van der Waals surface area contributed by atoms with E-state index >= 15 is 0 Å². The molecule has 1 heterocycles. The first-order chi connectivity index (χ1) is 13.4. The number of carbonyl (C=O) groups is 2. The molecular formula is C20H22ClN3O3S. The number of nitrogens with one attached hydrogen (secondary N) is 3. The van der Waals surface area contributed by atoms with Gasteiger partial charge in [0.05, 0.1) is 11.2 Å². The van der Waals surface area contributed by atoms with Crippen molar-refractivity contribution < 1.29 is 14.7 Å². The zero-order valence-electron chi connectivity index (χ0n) is 15.3. The Labute approximate surface area is 173 Å². The van der Waals surface area contributed by atoms with Crippen LogP contribution in [-0.4, -0.2) is 33.9 Å². The Morgan fingerprint density at radius 1 is 1.25 bits per heavy atom. The van der Waals surface area contributed by atoms with E-state index in [-0.39, 0.29) is 11.8 Å². The monoisotopic (exact) mass is 419 g/mol. The van der Waals surface area contributed by atoms with Gasteiger partial charge in [-0.15, -0.1) is 11.8 Å². The van der Waals surface area contributed by atoms with E-state index in [1.807, 2.05) is 30.3 Å². The van der Waals surface area contributed by atoms with Gasteiger partial charge in [0.25, 0.3) is 0 Å². The molecule has 2 amide bonds. The van der Waals surface area contributed by atoms with Crippen LogP contribution in [0.15, 0.2) is 54.6 Å². The van der Waals surface area contributed by atoms with Crippen molar-refractivity contribution in [1.82, 2.24) is 10.6 Å². The largest absolute Gasteiger partial charge is 0.378 e. The summed E-state index contributed by atoms with van der Waals surface area (Å²) in [6.45, 7) is 1.74. The van der Waals surface area contributed by atoms with Gasteiger partial charge in [0, 0.05) is 10.7 Å². The molecule has 148 valence electrons. The molecular weight excluding hydrogens is 398 g/mol. The molecule has 4 N–H and O–H groups in total. The topological polar surface area (TPSA) is 90.5 Å². The Balaban J connectivity index is 1.54. The summed E-state index contributed by atoms with van der Waals surface area (Å²) in [7, 11) is 0. The normalized spacial score (nSPS) is 23.0. The fourth-order valence-electron chi connectivity index (χ4n) is 2.91. The highest BCUT2D eigenvalue weighted by Gasteiger charge is 2.36. The van der Waals surface area contributed by atoms with E-state index in [9.17, 15) is 14.7 Å². The van der Waals surface area contributed by atoms with Crippen molar-refractivity contribution in [2.45, 2.75) is 30.3 Å². The minimum absolute atomic E-state index is 0.218. The average Bonchev–Trinajstić information content (AvgIpc) is 2.65. The van der Waals surface area contributed by atoms with Gasteiger partial charge < -0.3 is 15.7 Å². The molecule has 0 aliphatic carbocycles. The van der Waals surface area contributed by atoms with Crippen LogP contribution in [0, 0.1) is 5.92 Å². The molecule has 3 rings (SSSR count). The van der Waals surface area contributed by atoms with E-state index in [0.717, 1.165) is 5.56 Å². The van der Waals surface area contributed by atoms with Crippen LogP contribution in [0.2, 0.25) is 5.02 Å². The Morgan fingerprint density at radius 3 is 2.68 bits per heavy atom. The van der Waals surface area contributed by atoms with Gasteiger partial charge in [-0.2, -0.15) is 0 Å². The quantitative estimate of drug-likeness (QED) is 0.577. The Bertz CT molecular complexity index is 836. The number of benzene rings is 2. The summed E-state index contributed by atoms with van der Waals surface area (Å²) < 4.78 is 0. The number of aliphatic hydroxyl groups excluding tert-OH is 1. The van der Waals surface area contributed by atoms with Gasteiger partial charge in [0.15, 0.2) is 0 Å². The van der Waals surface area contributed by atoms with Crippen molar-refractivity contribution in [3.8, 4) is 0 Å². The lowest BCUT2D eigenvalue weighted by Gasteiger charge is -2.35. The van der Waals surface area contributed by atoms with Crippen LogP contribution in [0.3, 0.4) is 0 Å². The molecule has 1 fully saturated rings. The first-order valence-corrected chi connectivity index (χ1v) is 10.2. The van der Waals surface area contributed by atoms with E-state index < -0.39 is 22.9 Å². The molecule has 1 saturated heterocycles. The fraction of sp³-hybridized carbons (Fsp3) is 0.300. The van der Waals surface area contributed by atoms with Crippen LogP contribution < -0.4 is 16.0 Å². The third-order valence-corrected chi connectivity index (χ3v) is 5.80. The number of thioether (sulfide) groups is 1. The van der Waals surface area contributed by atoms with Crippen molar-refractivity contribution >= 4 is 40.9 Å². The predicted octanol–water partition coefficient (Wildman–Crippen LogP) is 2.58. The average molecular weight is 420 g/mol. The predicted molar refractivity (Wildman–Crippen MR) is 112 cm³/mol. The molecule has 28 heavy (non-hydrogen) atoms. The first-order valence-electron chi connectivity index (χ1n) is 8.92. The smallest absolute Gasteiger partial charge is 0.237 e. The number of anilines is 1. The number of carbonyl (C=O) groups excluding carboxylic acids is 2. The summed E-state index contributed by atoms with van der Waals surface area (Å²) in [5.74, 6) is -1.05. The second kappa shape index (κ2) is 9.43. The summed E-state index contributed by atoms with van der Waals surface area (Å²) in [4.78, 5) is 24.8. The lowest BCUT2D eigenvalue weighted by Crippen LogP contribution is -2.61. The number of hydrogen-bond acceptors (Lipinski definition) is 5. The zero-order chi connectivity index (χ0) is 20.1. The summed E-state index contributed by atoms with van der Waals surface area (Å²) in [6, 6.07) is 16.4. The third-order valence-electron chi connectivity index (χ3n) is 4.41. The van der Waals surface area contributed by atoms with E-state index in [4.69, 9.17) is 11.6 Å². The zero-order valence-corrected chi connectivity index (χ0v) is 16.8. The van der Waals surface area contributed by atoms with E-state index in [0.29, 0.717) is 17.1 Å². The van der Waals surface area contributed by atoms with E-state index in [1.54, 1.807) is 31.2 Å². The van der Waals surface area contributed by atoms with E-state index in [2.05, 4.69) is 16.0 Å². The van der Waals surface area contributed by atoms with Crippen LogP contribution in [0.5, 0.6) is 0 Å². The summed E-state index contributed by atoms with van der Waals surface area (Å²) >= 11 is 7.15. The maximum absolute atomic E-state index is 12.5. The molecule has 4 unspecified atom stereocenters. The van der Waals surface area contributed by atoms with Crippen molar-refractivity contribution in [3.05, 3.63) is 65.2 Å². The standard InChI is InChI=1S/C20H22ClN3O3S/c1-12(17(25)22-15-9-5-8-14(21)11-15)28-20-23-18(26)16(19(27)24-20)10-13-6-3-2-4-7-13/h2-9,11-12,16,18,20,23,26H,10H2,1H3,(H,22,25)(H,24,27). The van der Waals surface area contributed by atoms with Gasteiger partial charge >= 0.3 is 0 Å². The van der Waals surface area contributed by atoms with Crippen LogP contribution in [-0.2, 0) is 16.0 Å². The Hall–Kier alpha value is -2.06. The fourth-order valence-corrected chi connectivity index (χ4v) is 4.10. The molecule has 4 atom stereocenters. The molecule has 0 spiro atoms. The van der Waals surface area contributed by atoms with Crippen molar-refractivity contribution in [1.29, 1.82) is 0 Å². The maximum Gasteiger partial charge on any atom is 0.237 e. The van der Waals surface area contributed by atoms with Gasteiger partial charge in [0.1, 0.15) is 11.7 Å². The summed E-state index contributed by atoms with van der Waals surface area (Å²) in [6.07, 6.45) is -0.558. The minimum atomic E-state index is -0.991. The van der Waals surface area contributed by atoms with Crippen LogP contribution >= 0.6 is 23.4 Å².